The number of sulfonamides is 1. The van der Waals surface area contributed by atoms with E-state index in [-0.39, 0.29) is 0 Å². The third kappa shape index (κ3) is 5.21. The lowest BCUT2D eigenvalue weighted by atomic mass is 9.95. The molecular weight excluding hydrogens is 310 g/mol. The summed E-state index contributed by atoms with van der Waals surface area (Å²) >= 11 is 6.19. The zero-order chi connectivity index (χ0) is 15.3. The molecule has 1 aliphatic carbocycles. The average molecular weight is 330 g/mol. The van der Waals surface area contributed by atoms with Gasteiger partial charge in [-0.3, -0.25) is 0 Å². The number of hydrogen-bond donors (Lipinski definition) is 2. The van der Waals surface area contributed by atoms with Gasteiger partial charge in [-0.15, -0.1) is 5.10 Å². The monoisotopic (exact) mass is 329 g/mol. The average Bonchev–Trinajstić information content (AvgIpc) is 2.44. The second kappa shape index (κ2) is 7.13. The summed E-state index contributed by atoms with van der Waals surface area (Å²) in [7, 11) is -3.40. The van der Waals surface area contributed by atoms with E-state index in [1.165, 1.54) is 19.3 Å². The van der Waals surface area contributed by atoms with E-state index >= 15 is 0 Å². The van der Waals surface area contributed by atoms with Gasteiger partial charge in [-0.25, -0.2) is 13.2 Å². The van der Waals surface area contributed by atoms with Crippen LogP contribution in [0, 0.1) is 0 Å². The highest BCUT2D eigenvalue weighted by Gasteiger charge is 2.17. The van der Waals surface area contributed by atoms with E-state index in [9.17, 15) is 8.42 Å². The Morgan fingerprint density at radius 1 is 1.24 bits per heavy atom. The van der Waals surface area contributed by atoms with E-state index in [4.69, 9.17) is 11.6 Å². The molecule has 1 saturated carbocycles. The Morgan fingerprint density at radius 3 is 2.52 bits per heavy atom. The zero-order valence-electron chi connectivity index (χ0n) is 12.0. The van der Waals surface area contributed by atoms with E-state index < -0.39 is 10.0 Å². The van der Waals surface area contributed by atoms with Crippen molar-refractivity contribution in [1.82, 2.24) is 10.1 Å². The fraction of sp³-hybridized carbons (Fsp3) is 0.500. The highest BCUT2D eigenvalue weighted by Crippen LogP contribution is 2.20. The minimum absolute atomic E-state index is 0.301. The Morgan fingerprint density at radius 2 is 1.90 bits per heavy atom. The lowest BCUT2D eigenvalue weighted by Crippen LogP contribution is -2.38. The van der Waals surface area contributed by atoms with Crippen molar-refractivity contribution >= 4 is 27.5 Å². The number of nitrogens with one attached hydrogen (secondary N) is 2. The molecule has 2 N–H and O–H groups in total. The van der Waals surface area contributed by atoms with Gasteiger partial charge in [0.05, 0.1) is 11.3 Å². The quantitative estimate of drug-likeness (QED) is 0.506. The Labute approximate surface area is 130 Å². The molecule has 5 nitrogen and oxygen atoms in total. The van der Waals surface area contributed by atoms with Crippen LogP contribution in [0.1, 0.15) is 37.7 Å². The van der Waals surface area contributed by atoms with Crippen LogP contribution in [-0.4, -0.2) is 26.6 Å². The first kappa shape index (κ1) is 16.1. The molecule has 0 unspecified atom stereocenters. The summed E-state index contributed by atoms with van der Waals surface area (Å²) < 4.78 is 22.5. The normalized spacial score (nSPS) is 17.5. The second-order valence-corrected chi connectivity index (χ2v) is 7.42. The van der Waals surface area contributed by atoms with Crippen LogP contribution < -0.4 is 10.1 Å². The van der Waals surface area contributed by atoms with Gasteiger partial charge in [0.2, 0.25) is 10.0 Å². The number of hydrazone groups is 1. The van der Waals surface area contributed by atoms with Crippen LogP contribution in [0.4, 0.5) is 0 Å². The van der Waals surface area contributed by atoms with Gasteiger partial charge >= 0.3 is 0 Å². The standard InChI is InChI=1S/C14H20ClN3O2S/c1-21(19,20)18-17-14(12-9-5-6-10-13(12)15)16-11-7-3-2-4-8-11/h5-6,9-11,18H,2-4,7-8H2,1H3,(H,16,17). The van der Waals surface area contributed by atoms with Crippen molar-refractivity contribution in [3.05, 3.63) is 34.9 Å². The van der Waals surface area contributed by atoms with Crippen molar-refractivity contribution in [1.29, 1.82) is 0 Å². The smallest absolute Gasteiger partial charge is 0.244 e. The second-order valence-electron chi connectivity index (χ2n) is 5.28. The van der Waals surface area contributed by atoms with Gasteiger partial charge < -0.3 is 5.32 Å². The summed E-state index contributed by atoms with van der Waals surface area (Å²) in [6.45, 7) is 0. The van der Waals surface area contributed by atoms with Gasteiger partial charge in [0.1, 0.15) is 0 Å². The lowest BCUT2D eigenvalue weighted by Gasteiger charge is -2.24. The van der Waals surface area contributed by atoms with Gasteiger partial charge in [0, 0.05) is 11.6 Å². The van der Waals surface area contributed by atoms with Crippen molar-refractivity contribution in [2.24, 2.45) is 5.10 Å². The molecular formula is C14H20ClN3O2S. The first-order valence-electron chi connectivity index (χ1n) is 7.01. The zero-order valence-corrected chi connectivity index (χ0v) is 13.5. The Bertz CT molecular complexity index is 610. The first-order valence-corrected chi connectivity index (χ1v) is 9.28. The van der Waals surface area contributed by atoms with E-state index in [1.807, 2.05) is 18.2 Å². The molecule has 116 valence electrons. The molecule has 0 aliphatic heterocycles. The molecule has 0 amide bonds. The van der Waals surface area contributed by atoms with Crippen molar-refractivity contribution in [3.8, 4) is 0 Å². The van der Waals surface area contributed by atoms with E-state index in [0.717, 1.165) is 19.1 Å². The minimum Gasteiger partial charge on any atom is -0.365 e. The van der Waals surface area contributed by atoms with Crippen LogP contribution in [0.5, 0.6) is 0 Å². The molecule has 0 spiro atoms. The molecule has 7 heteroatoms. The lowest BCUT2D eigenvalue weighted by molar-refractivity contribution is 0.413. The maximum absolute atomic E-state index is 11.3. The molecule has 0 heterocycles. The summed E-state index contributed by atoms with van der Waals surface area (Å²) in [6.07, 6.45) is 6.78. The third-order valence-electron chi connectivity index (χ3n) is 3.40. The number of hydrogen-bond acceptors (Lipinski definition) is 3. The molecule has 2 rings (SSSR count). The summed E-state index contributed by atoms with van der Waals surface area (Å²) in [5, 5.41) is 7.86. The first-order chi connectivity index (χ1) is 9.96. The van der Waals surface area contributed by atoms with Gasteiger partial charge in [-0.05, 0) is 25.0 Å². The van der Waals surface area contributed by atoms with Crippen molar-refractivity contribution in [2.45, 2.75) is 38.1 Å². The molecule has 1 aromatic carbocycles. The summed E-state index contributed by atoms with van der Waals surface area (Å²) in [6, 6.07) is 7.56. The van der Waals surface area contributed by atoms with E-state index in [1.54, 1.807) is 6.07 Å². The third-order valence-corrected chi connectivity index (χ3v) is 4.15. The fourth-order valence-electron chi connectivity index (χ4n) is 2.39. The summed E-state index contributed by atoms with van der Waals surface area (Å²) in [5.74, 6) is 0.470. The Hall–Kier alpha value is -1.27. The number of nitrogens with zero attached hydrogens (tertiary/aromatic N) is 1. The largest absolute Gasteiger partial charge is 0.365 e. The van der Waals surface area contributed by atoms with Crippen molar-refractivity contribution < 1.29 is 8.42 Å². The molecule has 21 heavy (non-hydrogen) atoms. The summed E-state index contributed by atoms with van der Waals surface area (Å²) in [4.78, 5) is 2.18. The van der Waals surface area contributed by atoms with Crippen LogP contribution in [0.25, 0.3) is 0 Å². The highest BCUT2D eigenvalue weighted by atomic mass is 35.5. The molecule has 0 aromatic heterocycles. The van der Waals surface area contributed by atoms with E-state index in [0.29, 0.717) is 22.5 Å². The maximum atomic E-state index is 11.3. The van der Waals surface area contributed by atoms with Gasteiger partial charge in [-0.1, -0.05) is 43.0 Å². The van der Waals surface area contributed by atoms with Gasteiger partial charge in [0.25, 0.3) is 0 Å². The number of amidine groups is 1. The van der Waals surface area contributed by atoms with Gasteiger partial charge in [-0.2, -0.15) is 0 Å². The minimum atomic E-state index is -3.40. The molecule has 0 saturated heterocycles. The number of halogens is 1. The van der Waals surface area contributed by atoms with Crippen LogP contribution in [0.15, 0.2) is 29.4 Å². The van der Waals surface area contributed by atoms with E-state index in [2.05, 4.69) is 15.2 Å². The Balaban J connectivity index is 2.23. The molecule has 1 fully saturated rings. The summed E-state index contributed by atoms with van der Waals surface area (Å²) in [5.41, 5.74) is 0.695. The molecule has 1 aromatic rings. The SMILES string of the molecule is CS(=O)(=O)N/N=C(\NC1CCCCC1)c1ccccc1Cl. The van der Waals surface area contributed by atoms with Crippen LogP contribution >= 0.6 is 11.6 Å². The number of rotatable bonds is 4. The fourth-order valence-corrected chi connectivity index (χ4v) is 2.87. The van der Waals surface area contributed by atoms with Crippen LogP contribution in [-0.2, 0) is 10.0 Å². The predicted octanol–water partition coefficient (Wildman–Crippen LogP) is 2.47. The Kier molecular flexibility index (Phi) is 5.47. The highest BCUT2D eigenvalue weighted by molar-refractivity contribution is 7.88. The van der Waals surface area contributed by atoms with Crippen molar-refractivity contribution in [2.75, 3.05) is 6.26 Å². The molecule has 0 atom stereocenters. The van der Waals surface area contributed by atoms with Crippen molar-refractivity contribution in [3.63, 3.8) is 0 Å². The maximum Gasteiger partial charge on any atom is 0.244 e. The van der Waals surface area contributed by atoms with Gasteiger partial charge in [0.15, 0.2) is 5.84 Å². The van der Waals surface area contributed by atoms with Crippen LogP contribution in [0.2, 0.25) is 5.02 Å². The van der Waals surface area contributed by atoms with Crippen LogP contribution in [0.3, 0.4) is 0 Å². The predicted molar refractivity (Wildman–Crippen MR) is 86.0 cm³/mol. The number of benzene rings is 1. The molecule has 1 aliphatic rings. The molecule has 0 radical (unpaired) electrons. The topological polar surface area (TPSA) is 70.6 Å². The molecule has 0 bridgehead atoms.